The van der Waals surface area contributed by atoms with E-state index >= 15 is 0 Å². The summed E-state index contributed by atoms with van der Waals surface area (Å²) in [5.74, 6) is 0. The highest BCUT2D eigenvalue weighted by molar-refractivity contribution is 6.29. The first kappa shape index (κ1) is 13.4. The molecule has 2 amide bonds. The Labute approximate surface area is 125 Å². The van der Waals surface area contributed by atoms with Gasteiger partial charge in [-0.25, -0.2) is 14.3 Å². The molecule has 6 nitrogen and oxygen atoms in total. The number of urea groups is 1. The molecule has 3 aromatic heterocycles. The van der Waals surface area contributed by atoms with Gasteiger partial charge in [0.1, 0.15) is 5.15 Å². The Balaban J connectivity index is 1.62. The second-order valence-corrected chi connectivity index (χ2v) is 4.76. The highest BCUT2D eigenvalue weighted by Gasteiger charge is 2.06. The van der Waals surface area contributed by atoms with Crippen molar-refractivity contribution in [2.75, 3.05) is 5.32 Å². The molecule has 3 heterocycles. The molecule has 0 saturated heterocycles. The largest absolute Gasteiger partial charge is 0.334 e. The zero-order valence-corrected chi connectivity index (χ0v) is 11.7. The lowest BCUT2D eigenvalue weighted by Crippen LogP contribution is -2.28. The SMILES string of the molecule is O=C(NCc1cnn2ccccc12)Nc1ccc(Cl)nc1. The average molecular weight is 302 g/mol. The van der Waals surface area contributed by atoms with E-state index in [1.165, 1.54) is 6.20 Å². The first-order chi connectivity index (χ1) is 10.2. The van der Waals surface area contributed by atoms with Crippen LogP contribution in [0.25, 0.3) is 5.52 Å². The van der Waals surface area contributed by atoms with E-state index in [4.69, 9.17) is 11.6 Å². The highest BCUT2D eigenvalue weighted by atomic mass is 35.5. The molecule has 21 heavy (non-hydrogen) atoms. The van der Waals surface area contributed by atoms with Gasteiger partial charge in [0.15, 0.2) is 0 Å². The smallest absolute Gasteiger partial charge is 0.319 e. The predicted octanol–water partition coefficient (Wildman–Crippen LogP) is 2.70. The van der Waals surface area contributed by atoms with E-state index in [1.54, 1.807) is 22.8 Å². The van der Waals surface area contributed by atoms with Crippen LogP contribution in [0.15, 0.2) is 48.9 Å². The maximum absolute atomic E-state index is 11.8. The molecular weight excluding hydrogens is 290 g/mol. The zero-order chi connectivity index (χ0) is 14.7. The van der Waals surface area contributed by atoms with Gasteiger partial charge in [0.2, 0.25) is 0 Å². The van der Waals surface area contributed by atoms with Crippen molar-refractivity contribution in [1.82, 2.24) is 19.9 Å². The van der Waals surface area contributed by atoms with E-state index in [0.717, 1.165) is 11.1 Å². The van der Waals surface area contributed by atoms with Crippen LogP contribution in [0.2, 0.25) is 5.15 Å². The maximum Gasteiger partial charge on any atom is 0.319 e. The average Bonchev–Trinajstić information content (AvgIpc) is 2.91. The van der Waals surface area contributed by atoms with Gasteiger partial charge in [-0.3, -0.25) is 0 Å². The van der Waals surface area contributed by atoms with Crippen molar-refractivity contribution in [2.24, 2.45) is 0 Å². The highest BCUT2D eigenvalue weighted by Crippen LogP contribution is 2.11. The van der Waals surface area contributed by atoms with Crippen LogP contribution in [0, 0.1) is 0 Å². The molecule has 0 aliphatic rings. The number of amides is 2. The Kier molecular flexibility index (Phi) is 3.70. The molecule has 0 aromatic carbocycles. The molecule has 3 rings (SSSR count). The van der Waals surface area contributed by atoms with Gasteiger partial charge >= 0.3 is 6.03 Å². The van der Waals surface area contributed by atoms with Crippen molar-refractivity contribution in [3.8, 4) is 0 Å². The second-order valence-electron chi connectivity index (χ2n) is 4.38. The van der Waals surface area contributed by atoms with E-state index < -0.39 is 0 Å². The first-order valence-corrected chi connectivity index (χ1v) is 6.68. The molecule has 2 N–H and O–H groups in total. The topological polar surface area (TPSA) is 71.3 Å². The van der Waals surface area contributed by atoms with Crippen LogP contribution >= 0.6 is 11.6 Å². The van der Waals surface area contributed by atoms with Gasteiger partial charge in [0, 0.05) is 18.3 Å². The van der Waals surface area contributed by atoms with Gasteiger partial charge in [-0.2, -0.15) is 5.10 Å². The lowest BCUT2D eigenvalue weighted by molar-refractivity contribution is 0.252. The number of halogens is 1. The predicted molar refractivity (Wildman–Crippen MR) is 80.3 cm³/mol. The summed E-state index contributed by atoms with van der Waals surface area (Å²) in [6, 6.07) is 8.77. The van der Waals surface area contributed by atoms with Crippen molar-refractivity contribution >= 4 is 28.8 Å². The van der Waals surface area contributed by atoms with Crippen LogP contribution < -0.4 is 10.6 Å². The molecule has 0 spiro atoms. The molecular formula is C14H12ClN5O. The van der Waals surface area contributed by atoms with E-state index in [-0.39, 0.29) is 6.03 Å². The van der Waals surface area contributed by atoms with E-state index in [9.17, 15) is 4.79 Å². The maximum atomic E-state index is 11.8. The lowest BCUT2D eigenvalue weighted by Gasteiger charge is -2.06. The standard InChI is InChI=1S/C14H12ClN5O/c15-13-5-4-11(9-16-13)19-14(21)17-7-10-8-18-20-6-2-1-3-12(10)20/h1-6,8-9H,7H2,(H2,17,19,21). The van der Waals surface area contributed by atoms with Crippen molar-refractivity contribution in [3.63, 3.8) is 0 Å². The molecule has 3 aromatic rings. The molecule has 0 saturated carbocycles. The number of anilines is 1. The molecule has 0 unspecified atom stereocenters. The quantitative estimate of drug-likeness (QED) is 0.731. The van der Waals surface area contributed by atoms with E-state index in [1.807, 2.05) is 24.4 Å². The number of pyridine rings is 2. The molecule has 0 radical (unpaired) electrons. The van der Waals surface area contributed by atoms with Gasteiger partial charge in [-0.15, -0.1) is 0 Å². The number of carbonyl (C=O) groups excluding carboxylic acids is 1. The van der Waals surface area contributed by atoms with Crippen molar-refractivity contribution in [2.45, 2.75) is 6.54 Å². The third-order valence-corrected chi connectivity index (χ3v) is 3.15. The van der Waals surface area contributed by atoms with Gasteiger partial charge in [-0.1, -0.05) is 17.7 Å². The van der Waals surface area contributed by atoms with Crippen molar-refractivity contribution in [1.29, 1.82) is 0 Å². The molecule has 0 bridgehead atoms. The number of fused-ring (bicyclic) bond motifs is 1. The van der Waals surface area contributed by atoms with Crippen molar-refractivity contribution < 1.29 is 4.79 Å². The van der Waals surface area contributed by atoms with Crippen LogP contribution in [0.4, 0.5) is 10.5 Å². The molecule has 0 aliphatic heterocycles. The summed E-state index contributed by atoms with van der Waals surface area (Å²) < 4.78 is 1.76. The Morgan fingerprint density at radius 2 is 2.14 bits per heavy atom. The normalized spacial score (nSPS) is 10.5. The third kappa shape index (κ3) is 3.11. The van der Waals surface area contributed by atoms with Crippen LogP contribution in [-0.4, -0.2) is 20.6 Å². The third-order valence-electron chi connectivity index (χ3n) is 2.93. The minimum absolute atomic E-state index is 0.311. The van der Waals surface area contributed by atoms with Crippen LogP contribution in [0.5, 0.6) is 0 Å². The summed E-state index contributed by atoms with van der Waals surface area (Å²) in [6.45, 7) is 0.389. The number of nitrogens with one attached hydrogen (secondary N) is 2. The summed E-state index contributed by atoms with van der Waals surface area (Å²) in [4.78, 5) is 15.7. The number of nitrogens with zero attached hydrogens (tertiary/aromatic N) is 3. The fraction of sp³-hybridized carbons (Fsp3) is 0.0714. The van der Waals surface area contributed by atoms with Crippen LogP contribution in [0.3, 0.4) is 0 Å². The molecule has 7 heteroatoms. The minimum Gasteiger partial charge on any atom is -0.334 e. The summed E-state index contributed by atoms with van der Waals surface area (Å²) >= 11 is 5.68. The number of hydrogen-bond acceptors (Lipinski definition) is 3. The summed E-state index contributed by atoms with van der Waals surface area (Å²) in [7, 11) is 0. The summed E-state index contributed by atoms with van der Waals surface area (Å²) in [6.07, 6.45) is 5.09. The fourth-order valence-corrected chi connectivity index (χ4v) is 2.04. The molecule has 106 valence electrons. The van der Waals surface area contributed by atoms with E-state index in [2.05, 4.69) is 20.7 Å². The van der Waals surface area contributed by atoms with Gasteiger partial charge in [0.25, 0.3) is 0 Å². The molecule has 0 fully saturated rings. The molecule has 0 atom stereocenters. The Hall–Kier alpha value is -2.60. The monoisotopic (exact) mass is 301 g/mol. The zero-order valence-electron chi connectivity index (χ0n) is 11.0. The number of carbonyl (C=O) groups is 1. The van der Waals surface area contributed by atoms with Crippen LogP contribution in [0.1, 0.15) is 5.56 Å². The Morgan fingerprint density at radius 1 is 1.24 bits per heavy atom. The number of hydrogen-bond donors (Lipinski definition) is 2. The van der Waals surface area contributed by atoms with Crippen molar-refractivity contribution in [3.05, 3.63) is 59.6 Å². The van der Waals surface area contributed by atoms with E-state index in [0.29, 0.717) is 17.4 Å². The summed E-state index contributed by atoms with van der Waals surface area (Å²) in [5.41, 5.74) is 2.49. The molecule has 0 aliphatic carbocycles. The van der Waals surface area contributed by atoms with Gasteiger partial charge in [-0.05, 0) is 24.3 Å². The number of aromatic nitrogens is 3. The van der Waals surface area contributed by atoms with Gasteiger partial charge < -0.3 is 10.6 Å². The lowest BCUT2D eigenvalue weighted by atomic mass is 10.2. The first-order valence-electron chi connectivity index (χ1n) is 6.30. The Morgan fingerprint density at radius 3 is 2.95 bits per heavy atom. The fourth-order valence-electron chi connectivity index (χ4n) is 1.92. The summed E-state index contributed by atoms with van der Waals surface area (Å²) in [5, 5.41) is 10.0. The van der Waals surface area contributed by atoms with Gasteiger partial charge in [0.05, 0.1) is 23.6 Å². The second kappa shape index (κ2) is 5.80. The Bertz CT molecular complexity index is 768. The minimum atomic E-state index is -0.311. The number of rotatable bonds is 3. The van der Waals surface area contributed by atoms with Crippen LogP contribution in [-0.2, 0) is 6.54 Å².